The van der Waals surface area contributed by atoms with Gasteiger partial charge in [-0.1, -0.05) is 29.8 Å². The number of ether oxygens (including phenoxy) is 1. The molecule has 2 rings (SSSR count). The Morgan fingerprint density at radius 1 is 1.27 bits per heavy atom. The molecule has 0 saturated carbocycles. The molecule has 4 nitrogen and oxygen atoms in total. The lowest BCUT2D eigenvalue weighted by molar-refractivity contribution is -0.130. The summed E-state index contributed by atoms with van der Waals surface area (Å²) >= 11 is 6.12. The van der Waals surface area contributed by atoms with Crippen molar-refractivity contribution in [3.63, 3.8) is 0 Å². The quantitative estimate of drug-likeness (QED) is 0.497. The SMILES string of the molecule is CCOc1ccc(/C=C(\C(=O)O)c2ccc(N)cc2)cc1Cl. The molecule has 5 heteroatoms. The molecule has 0 aromatic heterocycles. The first-order chi connectivity index (χ1) is 10.5. The van der Waals surface area contributed by atoms with E-state index in [0.717, 1.165) is 0 Å². The van der Waals surface area contributed by atoms with Crippen LogP contribution < -0.4 is 10.5 Å². The minimum Gasteiger partial charge on any atom is -0.492 e. The molecule has 0 fully saturated rings. The van der Waals surface area contributed by atoms with Crippen molar-refractivity contribution in [3.05, 3.63) is 58.6 Å². The molecule has 0 saturated heterocycles. The van der Waals surface area contributed by atoms with Crippen molar-refractivity contribution < 1.29 is 14.6 Å². The van der Waals surface area contributed by atoms with Gasteiger partial charge in [0.2, 0.25) is 0 Å². The van der Waals surface area contributed by atoms with Gasteiger partial charge in [0, 0.05) is 5.69 Å². The summed E-state index contributed by atoms with van der Waals surface area (Å²) < 4.78 is 5.36. The van der Waals surface area contributed by atoms with Gasteiger partial charge in [0.05, 0.1) is 17.2 Å². The summed E-state index contributed by atoms with van der Waals surface area (Å²) in [6.07, 6.45) is 1.56. The number of benzene rings is 2. The van der Waals surface area contributed by atoms with Crippen molar-refractivity contribution in [2.75, 3.05) is 12.3 Å². The van der Waals surface area contributed by atoms with Crippen LogP contribution in [0.1, 0.15) is 18.1 Å². The molecule has 0 atom stereocenters. The Labute approximate surface area is 133 Å². The molecule has 0 aliphatic carbocycles. The van der Waals surface area contributed by atoms with Gasteiger partial charge in [-0.3, -0.25) is 0 Å². The zero-order chi connectivity index (χ0) is 16.1. The average molecular weight is 318 g/mol. The van der Waals surface area contributed by atoms with Crippen LogP contribution >= 0.6 is 11.6 Å². The lowest BCUT2D eigenvalue weighted by Gasteiger charge is -2.07. The van der Waals surface area contributed by atoms with E-state index in [9.17, 15) is 9.90 Å². The van der Waals surface area contributed by atoms with Crippen LogP contribution in [0.3, 0.4) is 0 Å². The second kappa shape index (κ2) is 7.00. The highest BCUT2D eigenvalue weighted by atomic mass is 35.5. The van der Waals surface area contributed by atoms with E-state index in [1.165, 1.54) is 0 Å². The summed E-state index contributed by atoms with van der Waals surface area (Å²) in [7, 11) is 0. The Bertz CT molecular complexity index is 708. The third kappa shape index (κ3) is 3.80. The van der Waals surface area contributed by atoms with Gasteiger partial charge in [0.25, 0.3) is 0 Å². The highest BCUT2D eigenvalue weighted by Crippen LogP contribution is 2.28. The van der Waals surface area contributed by atoms with Crippen LogP contribution in [0.25, 0.3) is 11.6 Å². The third-order valence-corrected chi connectivity index (χ3v) is 3.31. The summed E-state index contributed by atoms with van der Waals surface area (Å²) in [6, 6.07) is 11.8. The predicted octanol–water partition coefficient (Wildman–Crippen LogP) is 3.95. The molecule has 0 heterocycles. The maximum Gasteiger partial charge on any atom is 0.336 e. The van der Waals surface area contributed by atoms with Crippen molar-refractivity contribution in [2.45, 2.75) is 6.92 Å². The van der Waals surface area contributed by atoms with E-state index in [4.69, 9.17) is 22.1 Å². The van der Waals surface area contributed by atoms with Crippen LogP contribution in [0.4, 0.5) is 5.69 Å². The van der Waals surface area contributed by atoms with Gasteiger partial charge in [-0.15, -0.1) is 0 Å². The van der Waals surface area contributed by atoms with Crippen LogP contribution in [0.5, 0.6) is 5.75 Å². The second-order valence-corrected chi connectivity index (χ2v) is 5.02. The van der Waals surface area contributed by atoms with Crippen LogP contribution in [0.2, 0.25) is 5.02 Å². The van der Waals surface area contributed by atoms with Crippen molar-refractivity contribution >= 4 is 34.9 Å². The van der Waals surface area contributed by atoms with Crippen molar-refractivity contribution in [2.24, 2.45) is 0 Å². The topological polar surface area (TPSA) is 72.5 Å². The first kappa shape index (κ1) is 15.9. The molecule has 0 amide bonds. The number of halogens is 1. The van der Waals surface area contributed by atoms with E-state index in [-0.39, 0.29) is 5.57 Å². The zero-order valence-corrected chi connectivity index (χ0v) is 12.8. The van der Waals surface area contributed by atoms with Crippen LogP contribution in [-0.4, -0.2) is 17.7 Å². The van der Waals surface area contributed by atoms with E-state index < -0.39 is 5.97 Å². The maximum atomic E-state index is 11.5. The van der Waals surface area contributed by atoms with Crippen LogP contribution in [0, 0.1) is 0 Å². The van der Waals surface area contributed by atoms with Crippen molar-refractivity contribution in [1.29, 1.82) is 0 Å². The van der Waals surface area contributed by atoms with Gasteiger partial charge in [-0.2, -0.15) is 0 Å². The summed E-state index contributed by atoms with van der Waals surface area (Å²) in [4.78, 5) is 11.5. The molecule has 0 unspecified atom stereocenters. The summed E-state index contributed by atoms with van der Waals surface area (Å²) in [6.45, 7) is 2.38. The summed E-state index contributed by atoms with van der Waals surface area (Å²) in [5.74, 6) is -0.444. The number of hydrogen-bond acceptors (Lipinski definition) is 3. The van der Waals surface area contributed by atoms with Gasteiger partial charge in [0.1, 0.15) is 5.75 Å². The smallest absolute Gasteiger partial charge is 0.336 e. The molecule has 0 radical (unpaired) electrons. The molecule has 2 aromatic rings. The lowest BCUT2D eigenvalue weighted by Crippen LogP contribution is -2.00. The average Bonchev–Trinajstić information content (AvgIpc) is 2.48. The number of anilines is 1. The van der Waals surface area contributed by atoms with Gasteiger partial charge < -0.3 is 15.6 Å². The molecule has 2 aromatic carbocycles. The third-order valence-electron chi connectivity index (χ3n) is 3.02. The number of nitrogens with two attached hydrogens (primary N) is 1. The Balaban J connectivity index is 2.40. The number of carboxylic acid groups (broad SMARTS) is 1. The summed E-state index contributed by atoms with van der Waals surface area (Å²) in [5, 5.41) is 9.85. The number of hydrogen-bond donors (Lipinski definition) is 2. The molecule has 22 heavy (non-hydrogen) atoms. The van der Waals surface area contributed by atoms with E-state index in [1.807, 2.05) is 6.92 Å². The molecule has 0 aliphatic rings. The molecule has 0 bridgehead atoms. The molecular formula is C17H16ClNO3. The van der Waals surface area contributed by atoms with Gasteiger partial charge in [0.15, 0.2) is 0 Å². The fourth-order valence-corrected chi connectivity index (χ4v) is 2.22. The van der Waals surface area contributed by atoms with Gasteiger partial charge in [-0.05, 0) is 48.4 Å². The predicted molar refractivity (Wildman–Crippen MR) is 89.0 cm³/mol. The van der Waals surface area contributed by atoms with E-state index in [2.05, 4.69) is 0 Å². The van der Waals surface area contributed by atoms with Crippen LogP contribution in [-0.2, 0) is 4.79 Å². The first-order valence-electron chi connectivity index (χ1n) is 6.74. The minimum atomic E-state index is -1.02. The highest BCUT2D eigenvalue weighted by Gasteiger charge is 2.11. The molecule has 114 valence electrons. The zero-order valence-electron chi connectivity index (χ0n) is 12.0. The second-order valence-electron chi connectivity index (χ2n) is 4.61. The minimum absolute atomic E-state index is 0.167. The van der Waals surface area contributed by atoms with E-state index in [0.29, 0.717) is 34.2 Å². The van der Waals surface area contributed by atoms with Gasteiger partial charge in [-0.25, -0.2) is 4.79 Å². The number of carbonyl (C=O) groups is 1. The number of carboxylic acids is 1. The highest BCUT2D eigenvalue weighted by molar-refractivity contribution is 6.32. The number of nitrogen functional groups attached to an aromatic ring is 1. The van der Waals surface area contributed by atoms with Gasteiger partial charge >= 0.3 is 5.97 Å². The first-order valence-corrected chi connectivity index (χ1v) is 7.12. The largest absolute Gasteiger partial charge is 0.492 e. The fourth-order valence-electron chi connectivity index (χ4n) is 1.98. The number of rotatable bonds is 5. The normalized spacial score (nSPS) is 11.3. The fraction of sp³-hybridized carbons (Fsp3) is 0.118. The Kier molecular flexibility index (Phi) is 5.07. The molecule has 0 aliphatic heterocycles. The number of aliphatic carboxylic acids is 1. The summed E-state index contributed by atoms with van der Waals surface area (Å²) in [5.41, 5.74) is 7.63. The Morgan fingerprint density at radius 2 is 1.95 bits per heavy atom. The lowest BCUT2D eigenvalue weighted by atomic mass is 10.0. The van der Waals surface area contributed by atoms with E-state index in [1.54, 1.807) is 48.5 Å². The van der Waals surface area contributed by atoms with Crippen molar-refractivity contribution in [3.8, 4) is 5.75 Å². The van der Waals surface area contributed by atoms with Crippen LogP contribution in [0.15, 0.2) is 42.5 Å². The van der Waals surface area contributed by atoms with E-state index >= 15 is 0 Å². The van der Waals surface area contributed by atoms with Crippen molar-refractivity contribution in [1.82, 2.24) is 0 Å². The standard InChI is InChI=1S/C17H16ClNO3/c1-2-22-16-8-3-11(10-15(16)18)9-14(17(20)21)12-4-6-13(19)7-5-12/h3-10H,2,19H2,1H3,(H,20,21)/b14-9-. The molecule has 0 spiro atoms. The molecule has 3 N–H and O–H groups in total. The Hall–Kier alpha value is -2.46. The Morgan fingerprint density at radius 3 is 2.50 bits per heavy atom. The molecular weight excluding hydrogens is 302 g/mol. The maximum absolute atomic E-state index is 11.5. The monoisotopic (exact) mass is 317 g/mol.